The number of benzene rings is 2. The van der Waals surface area contributed by atoms with E-state index in [1.807, 2.05) is 12.2 Å². The van der Waals surface area contributed by atoms with E-state index in [4.69, 9.17) is 0 Å². The summed E-state index contributed by atoms with van der Waals surface area (Å²) in [6, 6.07) is 31.6. The largest absolute Gasteiger partial charge is 4.00 e. The van der Waals surface area contributed by atoms with Crippen molar-refractivity contribution in [2.45, 2.75) is 12.1 Å². The Hall–Kier alpha value is -1.18. The number of fused-ring (bicyclic) bond motifs is 2. The smallest absolute Gasteiger partial charge is 1.00 e. The van der Waals surface area contributed by atoms with E-state index < -0.39 is 0 Å². The second-order valence-corrected chi connectivity index (χ2v) is 6.86. The van der Waals surface area contributed by atoms with Crippen molar-refractivity contribution in [3.63, 3.8) is 0 Å². The van der Waals surface area contributed by atoms with Crippen molar-refractivity contribution in [2.24, 2.45) is 0 Å². The molecule has 0 saturated carbocycles. The predicted molar refractivity (Wildman–Crippen MR) is 115 cm³/mol. The quantitative estimate of drug-likeness (QED) is 0.169. The fourth-order valence-electron chi connectivity index (χ4n) is 2.43. The van der Waals surface area contributed by atoms with Gasteiger partial charge in [0.1, 0.15) is 0 Å². The van der Waals surface area contributed by atoms with Gasteiger partial charge in [0.05, 0.1) is 0 Å². The van der Waals surface area contributed by atoms with Gasteiger partial charge in [-0.2, -0.15) is 35.0 Å². The van der Waals surface area contributed by atoms with Crippen LogP contribution >= 0.6 is 0 Å². The first-order valence-electron chi connectivity index (χ1n) is 8.48. The van der Waals surface area contributed by atoms with Gasteiger partial charge in [0.15, 0.2) is 0 Å². The molecule has 4 aromatic rings. The number of rotatable bonds is 4. The van der Waals surface area contributed by atoms with Crippen molar-refractivity contribution in [1.82, 2.24) is 0 Å². The van der Waals surface area contributed by atoms with Crippen LogP contribution in [0.2, 0.25) is 12.1 Å². The third-order valence-electron chi connectivity index (χ3n) is 3.67. The van der Waals surface area contributed by atoms with E-state index in [-0.39, 0.29) is 51.0 Å². The molecule has 4 rings (SSSR count). The van der Waals surface area contributed by atoms with E-state index >= 15 is 0 Å². The monoisotopic (exact) mass is 500 g/mol. The third kappa shape index (κ3) is 10.4. The fraction of sp³-hybridized carbons (Fsp3) is 0.0833. The van der Waals surface area contributed by atoms with Crippen LogP contribution in [-0.2, 0) is 26.2 Å². The molecule has 4 heteroatoms. The molecule has 0 aliphatic carbocycles. The second-order valence-electron chi connectivity index (χ2n) is 5.54. The van der Waals surface area contributed by atoms with Crippen LogP contribution in [0.15, 0.2) is 110 Å². The van der Waals surface area contributed by atoms with E-state index in [2.05, 4.69) is 98.1 Å². The summed E-state index contributed by atoms with van der Waals surface area (Å²) >= 11 is 0. The Labute approximate surface area is 203 Å². The Bertz CT molecular complexity index is 761. The molecular formula is C24H24Cl2SiZr. The number of hydrogen-bond donors (Lipinski definition) is 0. The van der Waals surface area contributed by atoms with Crippen LogP contribution in [0.25, 0.3) is 21.5 Å². The summed E-state index contributed by atoms with van der Waals surface area (Å²) < 4.78 is 0. The van der Waals surface area contributed by atoms with Gasteiger partial charge in [0.2, 0.25) is 0 Å². The van der Waals surface area contributed by atoms with Crippen LogP contribution in [0.4, 0.5) is 0 Å². The summed E-state index contributed by atoms with van der Waals surface area (Å²) in [6.45, 7) is 7.21. The maximum Gasteiger partial charge on any atom is 4.00 e. The van der Waals surface area contributed by atoms with Gasteiger partial charge in [-0.25, -0.2) is 0 Å². The molecular weight excluding hydrogens is 478 g/mol. The van der Waals surface area contributed by atoms with Crippen LogP contribution in [0.1, 0.15) is 0 Å². The summed E-state index contributed by atoms with van der Waals surface area (Å²) in [6.07, 6.45) is 3.89. The molecule has 0 spiro atoms. The average molecular weight is 503 g/mol. The Balaban J connectivity index is 0. The minimum absolute atomic E-state index is 0. The van der Waals surface area contributed by atoms with Gasteiger partial charge < -0.3 is 24.8 Å². The molecule has 2 radical (unpaired) electrons. The zero-order valence-electron chi connectivity index (χ0n) is 15.8. The summed E-state index contributed by atoms with van der Waals surface area (Å²) in [5.41, 5.74) is 0. The second kappa shape index (κ2) is 17.9. The molecule has 4 aromatic carbocycles. The van der Waals surface area contributed by atoms with Gasteiger partial charge in [-0.05, 0) is 12.1 Å². The van der Waals surface area contributed by atoms with Gasteiger partial charge in [-0.3, -0.25) is 0 Å². The molecule has 28 heavy (non-hydrogen) atoms. The van der Waals surface area contributed by atoms with E-state index in [1.54, 1.807) is 0 Å². The Morgan fingerprint density at radius 1 is 0.679 bits per heavy atom. The van der Waals surface area contributed by atoms with Crippen LogP contribution in [0.5, 0.6) is 0 Å². The maximum atomic E-state index is 3.61. The SMILES string of the molecule is C=CC[Si]CC=C.[Cl-].[Cl-].[Zr+4].c1ccc2[cH-]ccc2c1.c1ccc2[cH-]ccc2c1. The van der Waals surface area contributed by atoms with E-state index in [0.29, 0.717) is 0 Å². The van der Waals surface area contributed by atoms with E-state index in [0.717, 1.165) is 21.6 Å². The van der Waals surface area contributed by atoms with Crippen LogP contribution in [0, 0.1) is 0 Å². The molecule has 0 aliphatic heterocycles. The van der Waals surface area contributed by atoms with Gasteiger partial charge in [-0.1, -0.05) is 24.3 Å². The fourth-order valence-corrected chi connectivity index (χ4v) is 3.00. The first kappa shape index (κ1) is 29.0. The Morgan fingerprint density at radius 3 is 1.43 bits per heavy atom. The molecule has 0 nitrogen and oxygen atoms in total. The number of hydrogen-bond acceptors (Lipinski definition) is 0. The summed E-state index contributed by atoms with van der Waals surface area (Å²) in [5.74, 6) is 0. The molecule has 0 unspecified atom stereocenters. The molecule has 0 bridgehead atoms. The molecule has 0 heterocycles. The first-order valence-corrected chi connectivity index (χ1v) is 9.90. The van der Waals surface area contributed by atoms with Gasteiger partial charge >= 0.3 is 26.2 Å². The molecule has 0 aromatic heterocycles. The first-order chi connectivity index (χ1) is 12.3. The molecule has 0 aliphatic rings. The molecule has 0 atom stereocenters. The zero-order valence-corrected chi connectivity index (χ0v) is 20.8. The van der Waals surface area contributed by atoms with Crippen molar-refractivity contribution in [3.05, 3.63) is 110 Å². The minimum Gasteiger partial charge on any atom is -1.00 e. The molecule has 0 N–H and O–H groups in total. The number of allylic oxidation sites excluding steroid dienone is 2. The van der Waals surface area contributed by atoms with E-state index in [1.165, 1.54) is 21.5 Å². The van der Waals surface area contributed by atoms with E-state index in [9.17, 15) is 0 Å². The van der Waals surface area contributed by atoms with Crippen molar-refractivity contribution in [3.8, 4) is 0 Å². The van der Waals surface area contributed by atoms with Gasteiger partial charge in [0.25, 0.3) is 0 Å². The predicted octanol–water partition coefficient (Wildman–Crippen LogP) is 1.02. The van der Waals surface area contributed by atoms with Gasteiger partial charge in [-0.15, -0.1) is 72.5 Å². The zero-order chi connectivity index (χ0) is 17.7. The summed E-state index contributed by atoms with van der Waals surface area (Å²) in [7, 11) is 0.996. The average Bonchev–Trinajstić information content (AvgIpc) is 3.32. The van der Waals surface area contributed by atoms with Crippen LogP contribution in [0.3, 0.4) is 0 Å². The van der Waals surface area contributed by atoms with Crippen molar-refractivity contribution in [2.75, 3.05) is 0 Å². The molecule has 142 valence electrons. The third-order valence-corrected chi connectivity index (χ3v) is 4.83. The summed E-state index contributed by atoms with van der Waals surface area (Å²) in [4.78, 5) is 0. The van der Waals surface area contributed by atoms with Gasteiger partial charge in [0, 0.05) is 9.52 Å². The molecule has 0 amide bonds. The Morgan fingerprint density at radius 2 is 1.07 bits per heavy atom. The minimum atomic E-state index is 0. The van der Waals surface area contributed by atoms with Crippen molar-refractivity contribution in [1.29, 1.82) is 0 Å². The molecule has 0 saturated heterocycles. The van der Waals surface area contributed by atoms with Crippen molar-refractivity contribution < 1.29 is 51.0 Å². The summed E-state index contributed by atoms with van der Waals surface area (Å²) in [5, 5.41) is 5.32. The van der Waals surface area contributed by atoms with Crippen LogP contribution < -0.4 is 24.8 Å². The van der Waals surface area contributed by atoms with Crippen LogP contribution in [-0.4, -0.2) is 9.52 Å². The maximum absolute atomic E-state index is 3.61. The standard InChI is InChI=1S/2C9H7.C6H10Si.2ClH.Zr/c2*1-2-5-9-7-3-6-8(9)4-1;1-3-5-7-6-4-2;;;/h2*1-7H;3-4H,1-2,5-6H2;2*1H;/q2*-1;;;;+4/p-2. The van der Waals surface area contributed by atoms with Crippen molar-refractivity contribution >= 4 is 31.1 Å². The topological polar surface area (TPSA) is 0 Å². The Kier molecular flexibility index (Phi) is 18.5. The normalized spacial score (nSPS) is 8.57. The molecule has 0 fully saturated rings. The number of halogens is 2.